The van der Waals surface area contributed by atoms with Crippen LogP contribution in [0.1, 0.15) is 194 Å². The largest absolute Gasteiger partial charge is 0.756 e. The number of rotatable bonds is 50. The van der Waals surface area contributed by atoms with Gasteiger partial charge in [-0.3, -0.25) is 9.36 Å². The van der Waals surface area contributed by atoms with Gasteiger partial charge in [0.05, 0.1) is 39.9 Å². The molecule has 0 aliphatic heterocycles. The Morgan fingerprint density at radius 2 is 0.824 bits per heavy atom. The highest BCUT2D eigenvalue weighted by Crippen LogP contribution is 2.38. The van der Waals surface area contributed by atoms with Gasteiger partial charge < -0.3 is 28.8 Å². The van der Waals surface area contributed by atoms with Crippen LogP contribution in [0.4, 0.5) is 0 Å². The SMILES string of the molecule is CC/C=C\C/C=C\C/C=C\C/C=C\C/C=C\C/C=C\C/C=C\C/C=C\C/C=C\C/C=C\C/C=C\C/C=C\CCCCC(=O)NC(COP(=O)([O-])OCC[N+](C)(C)C)C(O)/C=C/CCCCCCCCCCCCC. The van der Waals surface area contributed by atoms with Crippen LogP contribution in [0.3, 0.4) is 0 Å². The zero-order chi connectivity index (χ0) is 54.2. The third-order valence-corrected chi connectivity index (χ3v) is 12.7. The number of unbranched alkanes of at least 4 members (excludes halogenated alkanes) is 13. The van der Waals surface area contributed by atoms with Gasteiger partial charge >= 0.3 is 0 Å². The van der Waals surface area contributed by atoms with Crippen molar-refractivity contribution in [1.29, 1.82) is 0 Å². The van der Waals surface area contributed by atoms with Gasteiger partial charge in [0.15, 0.2) is 0 Å². The van der Waals surface area contributed by atoms with Gasteiger partial charge in [0, 0.05) is 6.42 Å². The highest BCUT2D eigenvalue weighted by atomic mass is 31.2. The molecule has 0 rings (SSSR count). The van der Waals surface area contributed by atoms with Crippen molar-refractivity contribution >= 4 is 13.7 Å². The van der Waals surface area contributed by atoms with E-state index in [0.717, 1.165) is 109 Å². The summed E-state index contributed by atoms with van der Waals surface area (Å²) in [6.45, 7) is 4.46. The third-order valence-electron chi connectivity index (χ3n) is 11.7. The van der Waals surface area contributed by atoms with Crippen LogP contribution in [0.15, 0.2) is 158 Å². The number of amides is 1. The molecule has 418 valence electrons. The maximum Gasteiger partial charge on any atom is 0.268 e. The van der Waals surface area contributed by atoms with Crippen LogP contribution in [0, 0.1) is 0 Å². The lowest BCUT2D eigenvalue weighted by atomic mass is 10.0. The average molecular weight is 1040 g/mol. The van der Waals surface area contributed by atoms with Crippen molar-refractivity contribution in [2.24, 2.45) is 0 Å². The van der Waals surface area contributed by atoms with E-state index in [1.54, 1.807) is 6.08 Å². The van der Waals surface area contributed by atoms with Crippen LogP contribution in [-0.4, -0.2) is 68.5 Å². The van der Waals surface area contributed by atoms with E-state index >= 15 is 0 Å². The number of carbonyl (C=O) groups excluding carboxylic acids is 1. The number of aliphatic hydroxyl groups is 1. The lowest BCUT2D eigenvalue weighted by molar-refractivity contribution is -0.870. The molecule has 0 aromatic rings. The fourth-order valence-electron chi connectivity index (χ4n) is 7.25. The molecule has 0 saturated heterocycles. The second-order valence-electron chi connectivity index (χ2n) is 19.9. The second kappa shape index (κ2) is 53.9. The molecule has 2 N–H and O–H groups in total. The molecule has 0 spiro atoms. The Morgan fingerprint density at radius 1 is 0.486 bits per heavy atom. The fraction of sp³-hybridized carbons (Fsp3) is 0.585. The van der Waals surface area contributed by atoms with E-state index in [4.69, 9.17) is 9.05 Å². The number of nitrogens with zero attached hydrogens (tertiary/aromatic N) is 1. The van der Waals surface area contributed by atoms with E-state index in [1.807, 2.05) is 27.2 Å². The normalized spacial score (nSPS) is 15.1. The molecule has 0 heterocycles. The number of hydrogen-bond donors (Lipinski definition) is 2. The van der Waals surface area contributed by atoms with Crippen LogP contribution in [0.2, 0.25) is 0 Å². The molecule has 3 atom stereocenters. The summed E-state index contributed by atoms with van der Waals surface area (Å²) in [6, 6.07) is -0.921. The van der Waals surface area contributed by atoms with Crippen molar-refractivity contribution in [2.75, 3.05) is 40.9 Å². The molecule has 1 amide bonds. The Balaban J connectivity index is 4.26. The van der Waals surface area contributed by atoms with Gasteiger partial charge in [-0.15, -0.1) is 0 Å². The first-order valence-electron chi connectivity index (χ1n) is 28.8. The predicted molar refractivity (Wildman–Crippen MR) is 320 cm³/mol. The van der Waals surface area contributed by atoms with Gasteiger partial charge in [0.25, 0.3) is 7.82 Å². The highest BCUT2D eigenvalue weighted by Gasteiger charge is 2.23. The summed E-state index contributed by atoms with van der Waals surface area (Å²) in [4.78, 5) is 25.4. The first kappa shape index (κ1) is 70.1. The number of carbonyl (C=O) groups is 1. The Bertz CT molecular complexity index is 1750. The minimum absolute atomic E-state index is 0.0183. The number of likely N-dealkylation sites (N-methyl/N-ethyl adjacent to an activating group) is 1. The van der Waals surface area contributed by atoms with Crippen molar-refractivity contribution < 1.29 is 32.9 Å². The van der Waals surface area contributed by atoms with Crippen molar-refractivity contribution in [3.8, 4) is 0 Å². The summed E-state index contributed by atoms with van der Waals surface area (Å²) in [6.07, 6.45) is 84.7. The molecule has 3 unspecified atom stereocenters. The van der Waals surface area contributed by atoms with Crippen LogP contribution < -0.4 is 10.2 Å². The van der Waals surface area contributed by atoms with Crippen LogP contribution >= 0.6 is 7.82 Å². The first-order chi connectivity index (χ1) is 36.0. The van der Waals surface area contributed by atoms with E-state index in [2.05, 4.69) is 165 Å². The minimum atomic E-state index is -4.62. The number of phosphoric ester groups is 1. The first-order valence-corrected chi connectivity index (χ1v) is 30.3. The maximum absolute atomic E-state index is 12.9. The molecule has 0 fully saturated rings. The zero-order valence-electron chi connectivity index (χ0n) is 47.5. The number of nitrogens with one attached hydrogen (secondary N) is 1. The topological polar surface area (TPSA) is 108 Å². The summed E-state index contributed by atoms with van der Waals surface area (Å²) < 4.78 is 23.2. The Morgan fingerprint density at radius 3 is 1.20 bits per heavy atom. The number of allylic oxidation sites excluding steroid dienone is 25. The number of hydrogen-bond acceptors (Lipinski definition) is 6. The van der Waals surface area contributed by atoms with E-state index in [1.165, 1.54) is 57.8 Å². The lowest BCUT2D eigenvalue weighted by Gasteiger charge is -2.29. The lowest BCUT2D eigenvalue weighted by Crippen LogP contribution is -2.45. The van der Waals surface area contributed by atoms with Gasteiger partial charge in [-0.05, 0) is 109 Å². The van der Waals surface area contributed by atoms with Gasteiger partial charge in [-0.2, -0.15) is 0 Å². The molecule has 0 aliphatic rings. The molecule has 0 aromatic heterocycles. The standard InChI is InChI=1S/C65H107N2O6P/c1-6-8-10-12-14-16-18-20-21-22-23-24-25-26-27-28-29-30-31-32-33-34-35-36-37-38-39-40-41-42-43-44-45-47-49-51-53-55-57-59-65(69)66-63(62-73-74(70,71)72-61-60-67(3,4)5)64(68)58-56-54-52-50-48-46-19-17-15-13-11-9-7-2/h8,10,14,16,20-21,23-24,26-27,29-30,32-33,35-36,38-39,41-42,44-45,49,51,56,58,63-64,68H,6-7,9,11-13,15,17-19,22,25,28,31,34,37,40,43,46-48,50,52-55,57,59-62H2,1-5H3,(H-,66,69,70,71)/b10-8-,16-14-,21-20-,24-23-,27-26-,30-29-,33-32-,36-35-,39-38-,42-41-,45-44-,51-49-,58-56+. The molecule has 0 bridgehead atoms. The van der Waals surface area contributed by atoms with Crippen LogP contribution in [0.25, 0.3) is 0 Å². The van der Waals surface area contributed by atoms with E-state index in [0.29, 0.717) is 17.4 Å². The second-order valence-corrected chi connectivity index (χ2v) is 21.3. The van der Waals surface area contributed by atoms with E-state index < -0.39 is 26.6 Å². The van der Waals surface area contributed by atoms with Crippen molar-refractivity contribution in [3.63, 3.8) is 0 Å². The smallest absolute Gasteiger partial charge is 0.268 e. The summed E-state index contributed by atoms with van der Waals surface area (Å²) in [5, 5.41) is 13.8. The number of quaternary nitrogens is 1. The Kier molecular flexibility index (Phi) is 51.1. The molecule has 0 saturated carbocycles. The van der Waals surface area contributed by atoms with Crippen molar-refractivity contribution in [3.05, 3.63) is 158 Å². The molecule has 74 heavy (non-hydrogen) atoms. The summed E-state index contributed by atoms with van der Waals surface area (Å²) >= 11 is 0. The number of aliphatic hydroxyl groups excluding tert-OH is 1. The van der Waals surface area contributed by atoms with Crippen LogP contribution in [-0.2, 0) is 18.4 Å². The van der Waals surface area contributed by atoms with Gasteiger partial charge in [-0.1, -0.05) is 236 Å². The Labute approximate surface area is 454 Å². The average Bonchev–Trinajstić information content (AvgIpc) is 3.36. The van der Waals surface area contributed by atoms with Gasteiger partial charge in [-0.25, -0.2) is 0 Å². The predicted octanol–water partition coefficient (Wildman–Crippen LogP) is 17.2. The van der Waals surface area contributed by atoms with E-state index in [9.17, 15) is 19.4 Å². The minimum Gasteiger partial charge on any atom is -0.756 e. The molecule has 0 aliphatic carbocycles. The molecular weight excluding hydrogens is 936 g/mol. The van der Waals surface area contributed by atoms with Gasteiger partial charge in [0.1, 0.15) is 13.2 Å². The molecular formula is C65H107N2O6P. The van der Waals surface area contributed by atoms with Gasteiger partial charge in [0.2, 0.25) is 5.91 Å². The third kappa shape index (κ3) is 55.9. The quantitative estimate of drug-likeness (QED) is 0.0272. The highest BCUT2D eigenvalue weighted by molar-refractivity contribution is 7.45. The maximum atomic E-state index is 12.9. The van der Waals surface area contributed by atoms with E-state index in [-0.39, 0.29) is 18.9 Å². The molecule has 0 aromatic carbocycles. The van der Waals surface area contributed by atoms with Crippen LogP contribution in [0.5, 0.6) is 0 Å². The molecule has 8 nitrogen and oxygen atoms in total. The molecule has 0 radical (unpaired) electrons. The Hall–Kier alpha value is -3.88. The zero-order valence-corrected chi connectivity index (χ0v) is 48.4. The summed E-state index contributed by atoms with van der Waals surface area (Å²) in [5.74, 6) is -0.247. The summed E-state index contributed by atoms with van der Waals surface area (Å²) in [5.41, 5.74) is 0. The summed E-state index contributed by atoms with van der Waals surface area (Å²) in [7, 11) is 1.21. The van der Waals surface area contributed by atoms with Crippen molar-refractivity contribution in [1.82, 2.24) is 5.32 Å². The monoisotopic (exact) mass is 1040 g/mol. The molecule has 9 heteroatoms. The number of phosphoric acid groups is 1. The fourth-order valence-corrected chi connectivity index (χ4v) is 7.97. The van der Waals surface area contributed by atoms with Crippen molar-refractivity contribution in [2.45, 2.75) is 206 Å².